The lowest BCUT2D eigenvalue weighted by molar-refractivity contribution is -0.119. The van der Waals surface area contributed by atoms with Gasteiger partial charge in [-0.2, -0.15) is 0 Å². The Hall–Kier alpha value is -1.85. The number of rotatable bonds is 6. The first kappa shape index (κ1) is 15.5. The van der Waals surface area contributed by atoms with Gasteiger partial charge in [-0.25, -0.2) is 9.97 Å². The van der Waals surface area contributed by atoms with Gasteiger partial charge < -0.3 is 16.0 Å². The van der Waals surface area contributed by atoms with Gasteiger partial charge in [0.05, 0.1) is 6.54 Å². The number of nitrogens with zero attached hydrogens (tertiary/aromatic N) is 2. The number of anilines is 2. The topological polar surface area (TPSA) is 78.9 Å². The number of hydrogen-bond donors (Lipinski definition) is 3. The minimum Gasteiger partial charge on any atom is -0.370 e. The third-order valence-electron chi connectivity index (χ3n) is 3.13. The zero-order valence-corrected chi connectivity index (χ0v) is 13.3. The molecule has 6 heteroatoms. The SMILES string of the molecule is CCNc1cc(NCC(=O)NC2CC2)nc(C(C)(C)C)n1. The molecule has 1 aromatic heterocycles. The van der Waals surface area contributed by atoms with Crippen LogP contribution in [-0.4, -0.2) is 35.0 Å². The monoisotopic (exact) mass is 291 g/mol. The molecule has 0 bridgehead atoms. The lowest BCUT2D eigenvalue weighted by atomic mass is 9.96. The summed E-state index contributed by atoms with van der Waals surface area (Å²) in [5.41, 5.74) is -0.141. The zero-order valence-electron chi connectivity index (χ0n) is 13.3. The number of carbonyl (C=O) groups excluding carboxylic acids is 1. The molecular formula is C15H25N5O. The molecule has 21 heavy (non-hydrogen) atoms. The van der Waals surface area contributed by atoms with Crippen molar-refractivity contribution in [2.45, 2.75) is 52.0 Å². The Morgan fingerprint density at radius 2 is 1.86 bits per heavy atom. The van der Waals surface area contributed by atoms with E-state index in [9.17, 15) is 4.79 Å². The van der Waals surface area contributed by atoms with Gasteiger partial charge in [0.2, 0.25) is 5.91 Å². The Labute approximate surface area is 126 Å². The van der Waals surface area contributed by atoms with Crippen molar-refractivity contribution in [2.75, 3.05) is 23.7 Å². The van der Waals surface area contributed by atoms with Gasteiger partial charge in [-0.05, 0) is 19.8 Å². The fourth-order valence-electron chi connectivity index (χ4n) is 1.82. The molecular weight excluding hydrogens is 266 g/mol. The summed E-state index contributed by atoms with van der Waals surface area (Å²) in [5, 5.41) is 9.23. The van der Waals surface area contributed by atoms with E-state index in [1.165, 1.54) is 0 Å². The molecule has 1 fully saturated rings. The Bertz CT molecular complexity index is 505. The van der Waals surface area contributed by atoms with Crippen LogP contribution in [0.1, 0.15) is 46.4 Å². The van der Waals surface area contributed by atoms with E-state index in [0.717, 1.165) is 31.0 Å². The van der Waals surface area contributed by atoms with E-state index in [1.54, 1.807) is 0 Å². The first-order chi connectivity index (χ1) is 9.88. The van der Waals surface area contributed by atoms with Crippen molar-refractivity contribution < 1.29 is 4.79 Å². The van der Waals surface area contributed by atoms with Crippen molar-refractivity contribution in [3.8, 4) is 0 Å². The summed E-state index contributed by atoms with van der Waals surface area (Å²) >= 11 is 0. The Balaban J connectivity index is 2.05. The highest BCUT2D eigenvalue weighted by Crippen LogP contribution is 2.22. The highest BCUT2D eigenvalue weighted by molar-refractivity contribution is 5.81. The molecule has 2 rings (SSSR count). The number of amides is 1. The Kier molecular flexibility index (Phi) is 4.65. The molecule has 0 atom stereocenters. The van der Waals surface area contributed by atoms with E-state index in [4.69, 9.17) is 0 Å². The van der Waals surface area contributed by atoms with Crippen molar-refractivity contribution in [3.63, 3.8) is 0 Å². The van der Waals surface area contributed by atoms with Crippen molar-refractivity contribution in [1.82, 2.24) is 15.3 Å². The predicted octanol–water partition coefficient (Wildman–Crippen LogP) is 1.90. The average Bonchev–Trinajstić information content (AvgIpc) is 3.19. The molecule has 0 unspecified atom stereocenters. The van der Waals surface area contributed by atoms with E-state index in [2.05, 4.69) is 46.7 Å². The molecule has 1 heterocycles. The van der Waals surface area contributed by atoms with Gasteiger partial charge in [0, 0.05) is 24.1 Å². The summed E-state index contributed by atoms with van der Waals surface area (Å²) in [6, 6.07) is 2.22. The van der Waals surface area contributed by atoms with Crippen LogP contribution < -0.4 is 16.0 Å². The van der Waals surface area contributed by atoms with Crippen LogP contribution in [0.15, 0.2) is 6.07 Å². The minimum atomic E-state index is -0.141. The molecule has 0 spiro atoms. The summed E-state index contributed by atoms with van der Waals surface area (Å²) in [5.74, 6) is 2.23. The molecule has 0 radical (unpaired) electrons. The summed E-state index contributed by atoms with van der Waals surface area (Å²) in [4.78, 5) is 20.8. The van der Waals surface area contributed by atoms with E-state index in [0.29, 0.717) is 11.9 Å². The van der Waals surface area contributed by atoms with Gasteiger partial charge in [0.1, 0.15) is 17.5 Å². The molecule has 116 valence electrons. The number of aromatic nitrogens is 2. The summed E-state index contributed by atoms with van der Waals surface area (Å²) in [6.07, 6.45) is 2.19. The van der Waals surface area contributed by atoms with Crippen LogP contribution in [0.2, 0.25) is 0 Å². The van der Waals surface area contributed by atoms with Crippen LogP contribution in [-0.2, 0) is 10.2 Å². The van der Waals surface area contributed by atoms with Gasteiger partial charge >= 0.3 is 0 Å². The van der Waals surface area contributed by atoms with Gasteiger partial charge in [-0.3, -0.25) is 4.79 Å². The van der Waals surface area contributed by atoms with Gasteiger partial charge in [0.25, 0.3) is 0 Å². The van der Waals surface area contributed by atoms with E-state index >= 15 is 0 Å². The lowest BCUT2D eigenvalue weighted by Gasteiger charge is -2.19. The van der Waals surface area contributed by atoms with Crippen molar-refractivity contribution in [2.24, 2.45) is 0 Å². The highest BCUT2D eigenvalue weighted by Gasteiger charge is 2.23. The van der Waals surface area contributed by atoms with Crippen LogP contribution in [0.25, 0.3) is 0 Å². The second kappa shape index (κ2) is 6.28. The minimum absolute atomic E-state index is 0.0124. The number of hydrogen-bond acceptors (Lipinski definition) is 5. The first-order valence-corrected chi connectivity index (χ1v) is 7.55. The third kappa shape index (κ3) is 4.88. The molecule has 6 nitrogen and oxygen atoms in total. The van der Waals surface area contributed by atoms with Crippen molar-refractivity contribution in [3.05, 3.63) is 11.9 Å². The van der Waals surface area contributed by atoms with Crippen LogP contribution >= 0.6 is 0 Å². The van der Waals surface area contributed by atoms with E-state index in [1.807, 2.05) is 13.0 Å². The first-order valence-electron chi connectivity index (χ1n) is 7.55. The molecule has 1 aliphatic carbocycles. The van der Waals surface area contributed by atoms with Gasteiger partial charge in [-0.1, -0.05) is 20.8 Å². The van der Waals surface area contributed by atoms with Crippen LogP contribution in [0.4, 0.5) is 11.6 Å². The maximum atomic E-state index is 11.7. The predicted molar refractivity (Wildman–Crippen MR) is 84.6 cm³/mol. The third-order valence-corrected chi connectivity index (χ3v) is 3.13. The molecule has 1 saturated carbocycles. The quantitative estimate of drug-likeness (QED) is 0.746. The smallest absolute Gasteiger partial charge is 0.239 e. The second-order valence-electron chi connectivity index (χ2n) is 6.44. The van der Waals surface area contributed by atoms with E-state index < -0.39 is 0 Å². The Morgan fingerprint density at radius 3 is 2.38 bits per heavy atom. The van der Waals surface area contributed by atoms with E-state index in [-0.39, 0.29) is 17.9 Å². The summed E-state index contributed by atoms with van der Waals surface area (Å²) in [7, 11) is 0. The molecule has 0 saturated heterocycles. The van der Waals surface area contributed by atoms with Crippen LogP contribution in [0.3, 0.4) is 0 Å². The standard InChI is InChI=1S/C15H25N5O/c1-5-16-11-8-12(20-14(19-11)15(2,3)4)17-9-13(21)18-10-6-7-10/h8,10H,5-7,9H2,1-4H3,(H,18,21)(H2,16,17,19,20). The van der Waals surface area contributed by atoms with Crippen LogP contribution in [0, 0.1) is 0 Å². The van der Waals surface area contributed by atoms with Gasteiger partial charge in [-0.15, -0.1) is 0 Å². The zero-order chi connectivity index (χ0) is 15.5. The summed E-state index contributed by atoms with van der Waals surface area (Å²) < 4.78 is 0. The normalized spacial score (nSPS) is 14.7. The second-order valence-corrected chi connectivity index (χ2v) is 6.44. The lowest BCUT2D eigenvalue weighted by Crippen LogP contribution is -2.31. The van der Waals surface area contributed by atoms with Gasteiger partial charge in [0.15, 0.2) is 0 Å². The van der Waals surface area contributed by atoms with Crippen molar-refractivity contribution >= 4 is 17.5 Å². The molecule has 1 aromatic rings. The largest absolute Gasteiger partial charge is 0.370 e. The fourth-order valence-corrected chi connectivity index (χ4v) is 1.82. The molecule has 0 aromatic carbocycles. The Morgan fingerprint density at radius 1 is 1.24 bits per heavy atom. The number of carbonyl (C=O) groups is 1. The highest BCUT2D eigenvalue weighted by atomic mass is 16.2. The maximum Gasteiger partial charge on any atom is 0.239 e. The molecule has 3 N–H and O–H groups in total. The molecule has 1 amide bonds. The van der Waals surface area contributed by atoms with Crippen molar-refractivity contribution in [1.29, 1.82) is 0 Å². The molecule has 1 aliphatic rings. The average molecular weight is 291 g/mol. The number of nitrogens with one attached hydrogen (secondary N) is 3. The fraction of sp³-hybridized carbons (Fsp3) is 0.667. The molecule has 0 aliphatic heterocycles. The maximum absolute atomic E-state index is 11.7. The summed E-state index contributed by atoms with van der Waals surface area (Å²) in [6.45, 7) is 9.27. The van der Waals surface area contributed by atoms with Crippen LogP contribution in [0.5, 0.6) is 0 Å².